The fourth-order valence-electron chi connectivity index (χ4n) is 5.50. The highest BCUT2D eigenvalue weighted by molar-refractivity contribution is 6.17. The first kappa shape index (κ1) is 36.9. The van der Waals surface area contributed by atoms with Crippen LogP contribution in [0, 0.1) is 5.92 Å². The van der Waals surface area contributed by atoms with E-state index in [4.69, 9.17) is 40.0 Å². The number of benzene rings is 2. The van der Waals surface area contributed by atoms with Gasteiger partial charge in [-0.1, -0.05) is 43.9 Å². The molecule has 0 spiro atoms. The van der Waals surface area contributed by atoms with E-state index in [1.165, 1.54) is 26.4 Å². The highest BCUT2D eigenvalue weighted by atomic mass is 35.5. The molecule has 0 saturated heterocycles. The van der Waals surface area contributed by atoms with Gasteiger partial charge in [0.2, 0.25) is 6.29 Å². The van der Waals surface area contributed by atoms with Crippen molar-refractivity contribution < 1.29 is 42.7 Å². The molecule has 2 aromatic carbocycles. The number of methoxy groups -OCH3 is 4. The van der Waals surface area contributed by atoms with Crippen molar-refractivity contribution in [1.29, 1.82) is 0 Å². The fourth-order valence-corrected chi connectivity index (χ4v) is 5.69. The van der Waals surface area contributed by atoms with Gasteiger partial charge < -0.3 is 33.2 Å². The van der Waals surface area contributed by atoms with Crippen molar-refractivity contribution in [2.75, 3.05) is 47.5 Å². The van der Waals surface area contributed by atoms with Crippen molar-refractivity contribution in [3.8, 4) is 17.2 Å². The van der Waals surface area contributed by atoms with Crippen LogP contribution in [0.2, 0.25) is 0 Å². The highest BCUT2D eigenvalue weighted by Gasteiger charge is 2.48. The molecule has 10 heteroatoms. The van der Waals surface area contributed by atoms with Gasteiger partial charge in [0.05, 0.1) is 27.2 Å². The molecular weight excluding hydrogens is 612 g/mol. The second kappa shape index (κ2) is 19.9. The summed E-state index contributed by atoms with van der Waals surface area (Å²) in [5.74, 6) is 1.43. The number of alkyl halides is 1. The molecule has 0 aliphatic heterocycles. The molecule has 1 aliphatic carbocycles. The van der Waals surface area contributed by atoms with E-state index in [-0.39, 0.29) is 12.5 Å². The number of hydrogen-bond donors (Lipinski definition) is 0. The molecule has 1 fully saturated rings. The predicted molar refractivity (Wildman–Crippen MR) is 178 cm³/mol. The third kappa shape index (κ3) is 11.4. The van der Waals surface area contributed by atoms with Crippen molar-refractivity contribution >= 4 is 35.7 Å². The summed E-state index contributed by atoms with van der Waals surface area (Å²) in [5.41, 5.74) is 0.932. The molecule has 0 aromatic heterocycles. The molecule has 0 amide bonds. The van der Waals surface area contributed by atoms with Gasteiger partial charge in [-0.2, -0.15) is 0 Å². The largest absolute Gasteiger partial charge is 0.493 e. The molecule has 2 aromatic rings. The second-order valence-electron chi connectivity index (χ2n) is 11.1. The first-order valence-electron chi connectivity index (χ1n) is 15.7. The monoisotopic (exact) mass is 658 g/mol. The van der Waals surface area contributed by atoms with Gasteiger partial charge in [-0.05, 0) is 73.2 Å². The first-order valence-corrected chi connectivity index (χ1v) is 16.2. The number of esters is 2. The Kier molecular flexibility index (Phi) is 16.0. The third-order valence-electron chi connectivity index (χ3n) is 8.04. The average molecular weight is 659 g/mol. The highest BCUT2D eigenvalue weighted by Crippen LogP contribution is 2.42. The van der Waals surface area contributed by atoms with Crippen molar-refractivity contribution in [3.05, 3.63) is 65.7 Å². The maximum Gasteiger partial charge on any atom is 0.330 e. The smallest absolute Gasteiger partial charge is 0.330 e. The van der Waals surface area contributed by atoms with E-state index in [1.807, 2.05) is 42.5 Å². The minimum atomic E-state index is -0.678. The van der Waals surface area contributed by atoms with E-state index in [0.717, 1.165) is 62.5 Å². The van der Waals surface area contributed by atoms with E-state index >= 15 is 0 Å². The number of rotatable bonds is 19. The van der Waals surface area contributed by atoms with Crippen LogP contribution in [0.5, 0.6) is 17.2 Å². The van der Waals surface area contributed by atoms with Crippen LogP contribution in [0.3, 0.4) is 0 Å². The van der Waals surface area contributed by atoms with Crippen molar-refractivity contribution in [3.63, 3.8) is 0 Å². The summed E-state index contributed by atoms with van der Waals surface area (Å²) in [6, 6.07) is 12.9. The Balaban J connectivity index is 1.83. The van der Waals surface area contributed by atoms with Gasteiger partial charge in [-0.3, -0.25) is 0 Å². The summed E-state index contributed by atoms with van der Waals surface area (Å²) in [7, 11) is 5.91. The summed E-state index contributed by atoms with van der Waals surface area (Å²) in [6.45, 7) is 0.849. The number of unbranched alkanes of at least 4 members (excludes halogenated alkanes) is 3. The Morgan fingerprint density at radius 2 is 1.54 bits per heavy atom. The van der Waals surface area contributed by atoms with Gasteiger partial charge in [0.15, 0.2) is 11.5 Å². The molecule has 3 atom stereocenters. The van der Waals surface area contributed by atoms with Crippen molar-refractivity contribution in [2.45, 2.75) is 63.3 Å². The topological polar surface area (TPSA) is 98.8 Å². The zero-order valence-electron chi connectivity index (χ0n) is 27.3. The molecule has 1 saturated carbocycles. The van der Waals surface area contributed by atoms with Gasteiger partial charge in [-0.25, -0.2) is 9.59 Å². The molecule has 252 valence electrons. The molecule has 9 nitrogen and oxygen atoms in total. The lowest BCUT2D eigenvalue weighted by atomic mass is 9.75. The molecule has 0 radical (unpaired) electrons. The standard InChI is InChI=1S/C36H47ClO9/c1-40-32-25-28(16-21-34(39)42-3)14-19-31(32)44-26-36(45-24-10-6-5-9-23-37)22-8-7-11-30(36)35(43-4)46-29-17-12-27(13-18-29)15-20-33(38)41-2/h12-21,25,30,35H,5-11,22-24,26H2,1-4H3/b20-15+,21-16+. The number of ether oxygens (including phenoxy) is 7. The third-order valence-corrected chi connectivity index (χ3v) is 8.30. The van der Waals surface area contributed by atoms with E-state index in [1.54, 1.807) is 26.4 Å². The van der Waals surface area contributed by atoms with Crippen LogP contribution in [0.25, 0.3) is 12.2 Å². The van der Waals surface area contributed by atoms with E-state index in [9.17, 15) is 9.59 Å². The van der Waals surface area contributed by atoms with Gasteiger partial charge >= 0.3 is 11.9 Å². The van der Waals surface area contributed by atoms with E-state index < -0.39 is 23.8 Å². The van der Waals surface area contributed by atoms with Crippen molar-refractivity contribution in [1.82, 2.24) is 0 Å². The number of carbonyl (C=O) groups is 2. The predicted octanol–water partition coefficient (Wildman–Crippen LogP) is 7.24. The first-order chi connectivity index (χ1) is 22.4. The lowest BCUT2D eigenvalue weighted by Gasteiger charge is -2.46. The maximum absolute atomic E-state index is 11.6. The summed E-state index contributed by atoms with van der Waals surface area (Å²) in [5, 5.41) is 0. The molecule has 3 rings (SSSR count). The Labute approximate surface area is 277 Å². The van der Waals surface area contributed by atoms with Crippen LogP contribution in [0.15, 0.2) is 54.6 Å². The molecule has 1 aliphatic rings. The molecular formula is C36H47ClO9. The lowest BCUT2D eigenvalue weighted by Crippen LogP contribution is -2.54. The molecule has 0 heterocycles. The number of carbonyl (C=O) groups excluding carboxylic acids is 2. The average Bonchev–Trinajstić information content (AvgIpc) is 3.10. The molecule has 0 N–H and O–H groups in total. The SMILES string of the molecule is COC(=O)/C=C/c1ccc(OC(OC)C2CCCCC2(COc2ccc(/C=C/C(=O)OC)cc2OC)OCCCCCCCl)cc1. The van der Waals surface area contributed by atoms with Gasteiger partial charge in [0.1, 0.15) is 18.0 Å². The lowest BCUT2D eigenvalue weighted by molar-refractivity contribution is -0.205. The number of hydrogen-bond acceptors (Lipinski definition) is 9. The van der Waals surface area contributed by atoms with Crippen LogP contribution in [0.4, 0.5) is 0 Å². The summed E-state index contributed by atoms with van der Waals surface area (Å²) in [6.07, 6.45) is 13.1. The Hall–Kier alpha value is -3.53. The summed E-state index contributed by atoms with van der Waals surface area (Å²) >= 11 is 5.88. The minimum absolute atomic E-state index is 0.124. The fraction of sp³-hybridized carbons (Fsp3) is 0.500. The molecule has 0 bridgehead atoms. The normalized spacial score (nSPS) is 18.8. The van der Waals surface area contributed by atoms with Crippen LogP contribution in [-0.4, -0.2) is 71.4 Å². The van der Waals surface area contributed by atoms with Crippen molar-refractivity contribution in [2.24, 2.45) is 5.92 Å². The molecule has 3 unspecified atom stereocenters. The Morgan fingerprint density at radius 1 is 0.870 bits per heavy atom. The number of halogens is 1. The van der Waals surface area contributed by atoms with Gasteiger partial charge in [-0.15, -0.1) is 11.6 Å². The quantitative estimate of drug-likeness (QED) is 0.0508. The van der Waals surface area contributed by atoms with Crippen LogP contribution >= 0.6 is 11.6 Å². The van der Waals surface area contributed by atoms with E-state index in [0.29, 0.717) is 29.7 Å². The Bertz CT molecular complexity index is 1280. The summed E-state index contributed by atoms with van der Waals surface area (Å²) in [4.78, 5) is 23.0. The Morgan fingerprint density at radius 3 is 2.20 bits per heavy atom. The van der Waals surface area contributed by atoms with Crippen LogP contribution in [-0.2, 0) is 28.5 Å². The maximum atomic E-state index is 11.6. The molecule has 46 heavy (non-hydrogen) atoms. The zero-order chi connectivity index (χ0) is 33.2. The summed E-state index contributed by atoms with van der Waals surface area (Å²) < 4.78 is 40.7. The second-order valence-corrected chi connectivity index (χ2v) is 11.4. The zero-order valence-corrected chi connectivity index (χ0v) is 28.1. The van der Waals surface area contributed by atoms with Crippen LogP contribution in [0.1, 0.15) is 62.5 Å². The minimum Gasteiger partial charge on any atom is -0.493 e. The van der Waals surface area contributed by atoms with Crippen LogP contribution < -0.4 is 14.2 Å². The van der Waals surface area contributed by atoms with E-state index in [2.05, 4.69) is 4.74 Å². The van der Waals surface area contributed by atoms with Gasteiger partial charge in [0.25, 0.3) is 0 Å². The van der Waals surface area contributed by atoms with Gasteiger partial charge in [0, 0.05) is 31.7 Å².